The predicted molar refractivity (Wildman–Crippen MR) is 126 cm³/mol. The number of halogens is 1. The zero-order valence-corrected chi connectivity index (χ0v) is 19.8. The summed E-state index contributed by atoms with van der Waals surface area (Å²) in [5.74, 6) is -1.02. The van der Waals surface area contributed by atoms with Gasteiger partial charge in [0.2, 0.25) is 11.7 Å². The molecule has 0 amide bonds. The largest absolute Gasteiger partial charge is 0.494 e. The van der Waals surface area contributed by atoms with Crippen molar-refractivity contribution in [2.24, 2.45) is 0 Å². The van der Waals surface area contributed by atoms with Crippen LogP contribution in [0.3, 0.4) is 0 Å². The van der Waals surface area contributed by atoms with Gasteiger partial charge in [-0.25, -0.2) is 4.39 Å². The standard InChI is InChI=1S/C26H25FN2O6/c1-15-18(14-28)25(31)29(12-11-17-9-10-21(33-3)22(13-17)34-4)26(32)23(15)24(30)16(2)35-20-8-6-5-7-19(20)27/h5-10,13,16,32H,11-12H2,1-4H3. The first kappa shape index (κ1) is 25.3. The van der Waals surface area contributed by atoms with Crippen molar-refractivity contribution in [1.82, 2.24) is 4.57 Å². The van der Waals surface area contributed by atoms with Gasteiger partial charge in [-0.15, -0.1) is 0 Å². The van der Waals surface area contributed by atoms with E-state index >= 15 is 0 Å². The minimum atomic E-state index is -1.19. The number of rotatable bonds is 9. The average Bonchev–Trinajstić information content (AvgIpc) is 2.85. The first-order valence-electron chi connectivity index (χ1n) is 10.8. The van der Waals surface area contributed by atoms with Gasteiger partial charge in [0, 0.05) is 6.54 Å². The van der Waals surface area contributed by atoms with Gasteiger partial charge in [0.05, 0.1) is 19.8 Å². The van der Waals surface area contributed by atoms with Crippen molar-refractivity contribution < 1.29 is 28.5 Å². The Morgan fingerprint density at radius 2 is 1.83 bits per heavy atom. The van der Waals surface area contributed by atoms with Crippen LogP contribution in [0.1, 0.15) is 34.0 Å². The van der Waals surface area contributed by atoms with Crippen molar-refractivity contribution >= 4 is 5.78 Å². The highest BCUT2D eigenvalue weighted by Gasteiger charge is 2.28. The molecular formula is C26H25FN2O6. The Hall–Kier alpha value is -4.32. The van der Waals surface area contributed by atoms with E-state index in [2.05, 4.69) is 0 Å². The third kappa shape index (κ3) is 5.11. The zero-order valence-electron chi connectivity index (χ0n) is 19.8. The molecule has 0 aliphatic carbocycles. The molecule has 3 aromatic rings. The third-order valence-corrected chi connectivity index (χ3v) is 5.63. The second-order valence-corrected chi connectivity index (χ2v) is 7.76. The average molecular weight is 480 g/mol. The molecule has 0 saturated heterocycles. The topological polar surface area (TPSA) is 111 Å². The maximum atomic E-state index is 14.0. The van der Waals surface area contributed by atoms with Crippen LogP contribution in [-0.2, 0) is 13.0 Å². The molecule has 0 aliphatic heterocycles. The van der Waals surface area contributed by atoms with Crippen molar-refractivity contribution in [3.63, 3.8) is 0 Å². The van der Waals surface area contributed by atoms with Crippen LogP contribution in [0.5, 0.6) is 23.1 Å². The number of para-hydroxylation sites is 1. The summed E-state index contributed by atoms with van der Waals surface area (Å²) in [6, 6.07) is 12.6. The number of methoxy groups -OCH3 is 2. The minimum Gasteiger partial charge on any atom is -0.494 e. The molecular weight excluding hydrogens is 455 g/mol. The summed E-state index contributed by atoms with van der Waals surface area (Å²) in [6.07, 6.45) is -0.906. The van der Waals surface area contributed by atoms with E-state index in [0.717, 1.165) is 10.1 Å². The van der Waals surface area contributed by atoms with E-state index in [1.165, 1.54) is 46.3 Å². The lowest BCUT2D eigenvalue weighted by atomic mass is 9.99. The molecule has 35 heavy (non-hydrogen) atoms. The molecule has 0 aliphatic rings. The molecule has 182 valence electrons. The van der Waals surface area contributed by atoms with E-state index in [9.17, 15) is 24.3 Å². The van der Waals surface area contributed by atoms with E-state index in [1.807, 2.05) is 6.07 Å². The lowest BCUT2D eigenvalue weighted by Crippen LogP contribution is -2.31. The van der Waals surface area contributed by atoms with Gasteiger partial charge in [0.1, 0.15) is 11.6 Å². The normalized spacial score (nSPS) is 11.4. The Morgan fingerprint density at radius 1 is 1.14 bits per heavy atom. The molecule has 3 rings (SSSR count). The first-order chi connectivity index (χ1) is 16.7. The van der Waals surface area contributed by atoms with Crippen LogP contribution in [-0.4, -0.2) is 35.8 Å². The molecule has 8 nitrogen and oxygen atoms in total. The summed E-state index contributed by atoms with van der Waals surface area (Å²) in [5, 5.41) is 20.5. The van der Waals surface area contributed by atoms with Crippen LogP contribution in [0.4, 0.5) is 4.39 Å². The van der Waals surface area contributed by atoms with Gasteiger partial charge in [0.25, 0.3) is 5.56 Å². The van der Waals surface area contributed by atoms with Crippen LogP contribution in [0.25, 0.3) is 0 Å². The Balaban J connectivity index is 1.97. The molecule has 0 saturated carbocycles. The highest BCUT2D eigenvalue weighted by molar-refractivity contribution is 6.03. The number of pyridine rings is 1. The number of aryl methyl sites for hydroxylation is 1. The maximum absolute atomic E-state index is 14.0. The Bertz CT molecular complexity index is 1360. The number of nitrogens with zero attached hydrogens (tertiary/aromatic N) is 2. The predicted octanol–water partition coefficient (Wildman–Crippen LogP) is 3.78. The van der Waals surface area contributed by atoms with Gasteiger partial charge in [-0.05, 0) is 55.7 Å². The van der Waals surface area contributed by atoms with Gasteiger partial charge in [-0.1, -0.05) is 18.2 Å². The fraction of sp³-hybridized carbons (Fsp3) is 0.269. The number of nitriles is 1. The smallest absolute Gasteiger partial charge is 0.271 e. The molecule has 9 heteroatoms. The van der Waals surface area contributed by atoms with Crippen LogP contribution < -0.4 is 19.8 Å². The molecule has 0 bridgehead atoms. The molecule has 0 spiro atoms. The molecule has 1 atom stereocenters. The molecule has 1 heterocycles. The van der Waals surface area contributed by atoms with Gasteiger partial charge in [-0.3, -0.25) is 14.2 Å². The van der Waals surface area contributed by atoms with Crippen molar-refractivity contribution in [1.29, 1.82) is 5.26 Å². The van der Waals surface area contributed by atoms with Crippen molar-refractivity contribution in [2.45, 2.75) is 32.9 Å². The zero-order chi connectivity index (χ0) is 25.7. The van der Waals surface area contributed by atoms with E-state index in [0.29, 0.717) is 11.5 Å². The molecule has 0 fully saturated rings. The Labute approximate surface area is 201 Å². The van der Waals surface area contributed by atoms with Gasteiger partial charge in [-0.2, -0.15) is 5.26 Å². The first-order valence-corrected chi connectivity index (χ1v) is 10.8. The van der Waals surface area contributed by atoms with Crippen LogP contribution in [0.2, 0.25) is 0 Å². The summed E-state index contributed by atoms with van der Waals surface area (Å²) in [6.45, 7) is 2.79. The second kappa shape index (κ2) is 10.7. The number of ketones is 1. The summed E-state index contributed by atoms with van der Waals surface area (Å²) in [7, 11) is 3.01. The number of Topliss-reactive ketones (excluding diaryl/α,β-unsaturated/α-hetero) is 1. The number of hydrogen-bond donors (Lipinski definition) is 1. The number of aromatic hydroxyl groups is 1. The van der Waals surface area contributed by atoms with E-state index in [4.69, 9.17) is 14.2 Å². The quantitative estimate of drug-likeness (QED) is 0.464. The monoisotopic (exact) mass is 480 g/mol. The molecule has 1 N–H and O–H groups in total. The SMILES string of the molecule is COc1ccc(CCn2c(O)c(C(=O)C(C)Oc3ccccc3F)c(C)c(C#N)c2=O)cc1OC. The fourth-order valence-electron chi connectivity index (χ4n) is 3.72. The van der Waals surface area contributed by atoms with E-state index < -0.39 is 29.1 Å². The number of aromatic nitrogens is 1. The van der Waals surface area contributed by atoms with Gasteiger partial charge < -0.3 is 19.3 Å². The Morgan fingerprint density at radius 3 is 2.46 bits per heavy atom. The van der Waals surface area contributed by atoms with Gasteiger partial charge >= 0.3 is 0 Å². The van der Waals surface area contributed by atoms with Crippen LogP contribution in [0.15, 0.2) is 47.3 Å². The molecule has 2 aromatic carbocycles. The minimum absolute atomic E-state index is 0.0159. The van der Waals surface area contributed by atoms with E-state index in [-0.39, 0.29) is 35.4 Å². The number of carbonyl (C=O) groups excluding carboxylic acids is 1. The highest BCUT2D eigenvalue weighted by Crippen LogP contribution is 2.29. The van der Waals surface area contributed by atoms with Gasteiger partial charge in [0.15, 0.2) is 29.2 Å². The number of hydrogen-bond acceptors (Lipinski definition) is 7. The summed E-state index contributed by atoms with van der Waals surface area (Å²) in [4.78, 5) is 26.1. The number of ether oxygens (including phenoxy) is 3. The summed E-state index contributed by atoms with van der Waals surface area (Å²) < 4.78 is 30.9. The van der Waals surface area contributed by atoms with E-state index in [1.54, 1.807) is 24.3 Å². The van der Waals surface area contributed by atoms with Crippen molar-refractivity contribution in [3.05, 3.63) is 80.9 Å². The fourth-order valence-corrected chi connectivity index (χ4v) is 3.72. The highest BCUT2D eigenvalue weighted by atomic mass is 19.1. The van der Waals surface area contributed by atoms with Crippen LogP contribution >= 0.6 is 0 Å². The Kier molecular flexibility index (Phi) is 7.76. The van der Waals surface area contributed by atoms with Crippen molar-refractivity contribution in [2.75, 3.05) is 14.2 Å². The van der Waals surface area contributed by atoms with Crippen molar-refractivity contribution in [3.8, 4) is 29.2 Å². The van der Waals surface area contributed by atoms with Crippen LogP contribution in [0, 0.1) is 24.1 Å². The summed E-state index contributed by atoms with van der Waals surface area (Å²) >= 11 is 0. The molecule has 1 unspecified atom stereocenters. The number of carbonyl (C=O) groups is 1. The maximum Gasteiger partial charge on any atom is 0.271 e. The lowest BCUT2D eigenvalue weighted by Gasteiger charge is -2.19. The second-order valence-electron chi connectivity index (χ2n) is 7.76. The summed E-state index contributed by atoms with van der Waals surface area (Å²) in [5.41, 5.74) is -0.403. The number of benzene rings is 2. The molecule has 1 aromatic heterocycles. The third-order valence-electron chi connectivity index (χ3n) is 5.63. The molecule has 0 radical (unpaired) electrons. The lowest BCUT2D eigenvalue weighted by molar-refractivity contribution is 0.0806.